The van der Waals surface area contributed by atoms with Crippen molar-refractivity contribution in [3.63, 3.8) is 0 Å². The molecule has 1 aliphatic carbocycles. The van der Waals surface area contributed by atoms with Crippen molar-refractivity contribution in [2.45, 2.75) is 48.5 Å². The molecule has 1 aliphatic rings. The van der Waals surface area contributed by atoms with Crippen LogP contribution in [-0.4, -0.2) is 48.6 Å². The topological polar surface area (TPSA) is 55.4 Å². The minimum atomic E-state index is -3.03. The third kappa shape index (κ3) is 7.51. The molecule has 1 unspecified atom stereocenters. The second-order valence-electron chi connectivity index (χ2n) is 11.5. The van der Waals surface area contributed by atoms with E-state index in [2.05, 4.69) is 66.7 Å². The second-order valence-corrected chi connectivity index (χ2v) is 20.4. The Kier molecular flexibility index (Phi) is 15.8. The zero-order valence-corrected chi connectivity index (χ0v) is 34.5. The summed E-state index contributed by atoms with van der Waals surface area (Å²) in [5.41, 5.74) is 7.40. The molecule has 0 bridgehead atoms. The molecule has 0 aromatic heterocycles. The Balaban J connectivity index is 0.00000368. The van der Waals surface area contributed by atoms with Gasteiger partial charge in [-0.2, -0.15) is 0 Å². The van der Waals surface area contributed by atoms with Gasteiger partial charge >= 0.3 is 274 Å². The maximum Gasteiger partial charge on any atom is -1.00 e. The van der Waals surface area contributed by atoms with E-state index in [0.717, 1.165) is 51.2 Å². The van der Waals surface area contributed by atoms with Crippen LogP contribution >= 0.6 is 0 Å². The van der Waals surface area contributed by atoms with Crippen LogP contribution in [0, 0.1) is 26.7 Å². The number of halogens is 3. The number of benzene rings is 3. The Bertz CT molecular complexity index is 1510. The zero-order chi connectivity index (χ0) is 32.5. The molecular weight excluding hydrogens is 711 g/mol. The smallest absolute Gasteiger partial charge is 1.00 e. The Morgan fingerprint density at radius 1 is 0.468 bits per heavy atom. The van der Waals surface area contributed by atoms with Gasteiger partial charge in [0.15, 0.2) is 0 Å². The summed E-state index contributed by atoms with van der Waals surface area (Å²) < 4.78 is 37.7. The molecule has 47 heavy (non-hydrogen) atoms. The van der Waals surface area contributed by atoms with Crippen molar-refractivity contribution < 1.29 is 84.1 Å². The Morgan fingerprint density at radius 3 is 1.00 bits per heavy atom. The van der Waals surface area contributed by atoms with Crippen LogP contribution in [0.1, 0.15) is 44.4 Å². The summed E-state index contributed by atoms with van der Waals surface area (Å²) in [6.45, 7) is 15.5. The van der Waals surface area contributed by atoms with Crippen molar-refractivity contribution >= 4 is 21.5 Å². The number of hydrogen-bond acceptors (Lipinski definition) is 6. The van der Waals surface area contributed by atoms with Gasteiger partial charge in [-0.25, -0.2) is 0 Å². The van der Waals surface area contributed by atoms with Crippen molar-refractivity contribution in [2.75, 3.05) is 42.7 Å². The largest absolute Gasteiger partial charge is 1.00 e. The Morgan fingerprint density at radius 2 is 0.766 bits per heavy atom. The average Bonchev–Trinajstić information content (AvgIpc) is 3.20. The summed E-state index contributed by atoms with van der Waals surface area (Å²) in [5, 5.41) is 3.54. The van der Waals surface area contributed by atoms with E-state index in [9.17, 15) is 0 Å². The van der Waals surface area contributed by atoms with Crippen LogP contribution in [0.2, 0.25) is 0 Å². The molecule has 0 saturated carbocycles. The Labute approximate surface area is 308 Å². The molecule has 0 aliphatic heterocycles. The fourth-order valence-electron chi connectivity index (χ4n) is 6.46. The molecule has 0 amide bonds. The predicted molar refractivity (Wildman–Crippen MR) is 178 cm³/mol. The number of aryl methyl sites for hydroxylation is 3. The molecule has 11 heteroatoms. The molecule has 6 nitrogen and oxygen atoms in total. The molecular formula is C36H46Cl3O6SiTi. The van der Waals surface area contributed by atoms with E-state index in [0.29, 0.717) is 5.92 Å². The van der Waals surface area contributed by atoms with Gasteiger partial charge in [0, 0.05) is 0 Å². The van der Waals surface area contributed by atoms with E-state index in [-0.39, 0.29) is 37.2 Å². The maximum atomic E-state index is 6.27. The first kappa shape index (κ1) is 42.8. The van der Waals surface area contributed by atoms with Crippen LogP contribution in [0.25, 0.3) is 0 Å². The van der Waals surface area contributed by atoms with E-state index < -0.39 is 24.3 Å². The number of methoxy groups -OCH3 is 6. The van der Waals surface area contributed by atoms with Crippen molar-refractivity contribution in [3.8, 4) is 34.5 Å². The van der Waals surface area contributed by atoms with Crippen molar-refractivity contribution in [3.05, 3.63) is 73.7 Å². The van der Waals surface area contributed by atoms with Crippen molar-refractivity contribution in [1.29, 1.82) is 0 Å². The van der Waals surface area contributed by atoms with Gasteiger partial charge in [0.2, 0.25) is 0 Å². The number of ether oxygens (including phenoxy) is 6. The number of rotatable bonds is 11. The molecule has 1 atom stereocenters. The van der Waals surface area contributed by atoms with Gasteiger partial charge < -0.3 is 37.2 Å². The SMILES string of the molecule is COc1cc(OC)c([Si]([Ti+3][C]2=C(C)C(C)=C(C)C2C)(c2cc(C)c(OC)cc2OC)c2cc(C)c(OC)cc2OC)cc1C.[Cl-].[Cl-].[Cl-]. The summed E-state index contributed by atoms with van der Waals surface area (Å²) >= 11 is -0.947. The minimum absolute atomic E-state index is 0. The molecule has 3 aromatic carbocycles. The molecule has 0 fully saturated rings. The maximum absolute atomic E-state index is 6.27. The molecule has 0 spiro atoms. The predicted octanol–water partition coefficient (Wildman–Crippen LogP) is -3.02. The molecule has 0 N–H and O–H groups in total. The fraction of sp³-hybridized carbons (Fsp3) is 0.389. The molecule has 3 aromatic rings. The van der Waals surface area contributed by atoms with E-state index in [1.807, 2.05) is 18.2 Å². The van der Waals surface area contributed by atoms with Gasteiger partial charge in [-0.1, -0.05) is 0 Å². The third-order valence-electron chi connectivity index (χ3n) is 9.33. The quantitative estimate of drug-likeness (QED) is 0.154. The second kappa shape index (κ2) is 17.4. The number of allylic oxidation sites excluding steroid dienone is 4. The molecule has 0 saturated heterocycles. The first-order chi connectivity index (χ1) is 20.9. The summed E-state index contributed by atoms with van der Waals surface area (Å²) in [5.74, 6) is 2.11. The molecule has 0 heterocycles. The van der Waals surface area contributed by atoms with Crippen LogP contribution in [0.4, 0.5) is 0 Å². The van der Waals surface area contributed by atoms with Crippen LogP contribution in [0.15, 0.2) is 57.0 Å². The van der Waals surface area contributed by atoms with Crippen LogP contribution in [0.5, 0.6) is 34.5 Å². The molecule has 255 valence electrons. The zero-order valence-electron chi connectivity index (χ0n) is 29.6. The van der Waals surface area contributed by atoms with E-state index >= 15 is 0 Å². The van der Waals surface area contributed by atoms with Gasteiger partial charge in [-0.05, 0) is 0 Å². The monoisotopic (exact) mass is 755 g/mol. The summed E-state index contributed by atoms with van der Waals surface area (Å²) in [6, 6.07) is 13.0. The van der Waals surface area contributed by atoms with Gasteiger partial charge in [-0.3, -0.25) is 0 Å². The van der Waals surface area contributed by atoms with Gasteiger partial charge in [-0.15, -0.1) is 0 Å². The van der Waals surface area contributed by atoms with E-state index in [4.69, 9.17) is 28.4 Å². The minimum Gasteiger partial charge on any atom is -1.00 e. The third-order valence-corrected chi connectivity index (χ3v) is 21.6. The first-order valence-corrected chi connectivity index (χ1v) is 19.9. The van der Waals surface area contributed by atoms with Crippen molar-refractivity contribution in [2.24, 2.45) is 5.92 Å². The number of hydrogen-bond donors (Lipinski definition) is 0. The standard InChI is InChI=1S/C27H33O6Si.C9H13.3ClH.Ti/c1-16-10-25(22(31-7)13-19(16)28-4)34(26-11-17(2)20(29-5)14-23(26)32-8)27-12-18(3)21(30-6)15-24(27)33-9;1-6-5-7(2)9(4)8(6)3;;;;/h10-15H,1-9H3;6H,1-4H3;3*1H;/q;;;;;+3/p-3. The van der Waals surface area contributed by atoms with Gasteiger partial charge in [0.25, 0.3) is 0 Å². The van der Waals surface area contributed by atoms with Crippen molar-refractivity contribution in [1.82, 2.24) is 0 Å². The average molecular weight is 757 g/mol. The first-order valence-electron chi connectivity index (χ1n) is 14.8. The van der Waals surface area contributed by atoms with Crippen LogP contribution in [0.3, 0.4) is 0 Å². The fourth-order valence-corrected chi connectivity index (χ4v) is 20.5. The molecule has 4 rings (SSSR count). The van der Waals surface area contributed by atoms with E-state index in [1.165, 1.54) is 32.3 Å². The normalized spacial score (nSPS) is 13.9. The Hall–Kier alpha value is -2.26. The van der Waals surface area contributed by atoms with Crippen LogP contribution < -0.4 is 81.2 Å². The van der Waals surface area contributed by atoms with Gasteiger partial charge in [0.05, 0.1) is 0 Å². The van der Waals surface area contributed by atoms with E-state index in [1.54, 1.807) is 46.5 Å². The summed E-state index contributed by atoms with van der Waals surface area (Å²) in [4.78, 5) is 0. The summed E-state index contributed by atoms with van der Waals surface area (Å²) in [6.07, 6.45) is 0. The van der Waals surface area contributed by atoms with Gasteiger partial charge in [0.1, 0.15) is 0 Å². The molecule has 0 radical (unpaired) electrons. The summed E-state index contributed by atoms with van der Waals surface area (Å²) in [7, 11) is 10.4. The van der Waals surface area contributed by atoms with Crippen LogP contribution in [-0.2, 0) is 18.4 Å².